The molecule has 1 saturated heterocycles. The Morgan fingerprint density at radius 2 is 1.87 bits per heavy atom. The fourth-order valence-electron chi connectivity index (χ4n) is 3.59. The third-order valence-corrected chi connectivity index (χ3v) is 4.95. The number of carbonyl (C=O) groups excluding carboxylic acids is 1. The molecule has 0 saturated carbocycles. The van der Waals surface area contributed by atoms with Crippen molar-refractivity contribution in [1.29, 1.82) is 0 Å². The Labute approximate surface area is 179 Å². The number of ether oxygens (including phenoxy) is 1. The average molecular weight is 413 g/mol. The van der Waals surface area contributed by atoms with E-state index in [0.717, 1.165) is 56.0 Å². The Morgan fingerprint density at radius 3 is 2.53 bits per heavy atom. The topological polar surface area (TPSA) is 67.8 Å². The van der Waals surface area contributed by atoms with E-state index in [1.54, 1.807) is 17.5 Å². The molecule has 1 aliphatic rings. The lowest BCUT2D eigenvalue weighted by Crippen LogP contribution is -2.40. The highest BCUT2D eigenvalue weighted by Crippen LogP contribution is 2.21. The number of pyridine rings is 2. The van der Waals surface area contributed by atoms with E-state index in [2.05, 4.69) is 29.1 Å². The second-order valence-corrected chi connectivity index (χ2v) is 8.87. The number of hydrogen-bond acceptors (Lipinski definition) is 7. The number of nitrogens with zero attached hydrogens (tertiary/aromatic N) is 4. The van der Waals surface area contributed by atoms with Gasteiger partial charge in [0.2, 0.25) is 0 Å². The molecule has 1 aliphatic heterocycles. The van der Waals surface area contributed by atoms with Gasteiger partial charge in [0, 0.05) is 44.1 Å². The van der Waals surface area contributed by atoms with Crippen molar-refractivity contribution in [3.63, 3.8) is 0 Å². The molecule has 3 heterocycles. The van der Waals surface area contributed by atoms with E-state index in [0.29, 0.717) is 5.92 Å². The Balaban J connectivity index is 1.44. The van der Waals surface area contributed by atoms with E-state index in [1.807, 2.05) is 39.0 Å². The summed E-state index contributed by atoms with van der Waals surface area (Å²) in [6.07, 6.45) is 4.91. The van der Waals surface area contributed by atoms with Crippen LogP contribution in [0.3, 0.4) is 0 Å². The van der Waals surface area contributed by atoms with Crippen LogP contribution < -0.4 is 0 Å². The SMILES string of the molecule is CN(Cc1cccc(-c2ccncc2)n1)CC1CCN(OC(=O)OC(C)(C)C)CC1. The quantitative estimate of drug-likeness (QED) is 0.660. The molecule has 7 nitrogen and oxygen atoms in total. The van der Waals surface area contributed by atoms with Crippen molar-refractivity contribution >= 4 is 6.16 Å². The predicted octanol–water partition coefficient (Wildman–Crippen LogP) is 4.15. The van der Waals surface area contributed by atoms with Crippen LogP contribution in [-0.4, -0.2) is 58.4 Å². The summed E-state index contributed by atoms with van der Waals surface area (Å²) in [5.74, 6) is 0.567. The van der Waals surface area contributed by atoms with Gasteiger partial charge in [-0.1, -0.05) is 6.07 Å². The summed E-state index contributed by atoms with van der Waals surface area (Å²) in [5.41, 5.74) is 2.56. The fraction of sp³-hybridized carbons (Fsp3) is 0.522. The molecule has 0 N–H and O–H groups in total. The van der Waals surface area contributed by atoms with Crippen molar-refractivity contribution in [3.8, 4) is 11.3 Å². The standard InChI is InChI=1S/C23H32N4O3/c1-23(2,3)29-22(28)30-27-14-10-18(11-15-27)16-26(4)17-20-6-5-7-21(25-20)19-8-12-24-13-9-19/h5-9,12-13,18H,10-11,14-17H2,1-4H3. The molecule has 0 spiro atoms. The van der Waals surface area contributed by atoms with Crippen molar-refractivity contribution < 1.29 is 14.4 Å². The monoisotopic (exact) mass is 412 g/mol. The fourth-order valence-corrected chi connectivity index (χ4v) is 3.59. The van der Waals surface area contributed by atoms with Gasteiger partial charge in [-0.25, -0.2) is 4.79 Å². The normalized spacial score (nSPS) is 15.9. The summed E-state index contributed by atoms with van der Waals surface area (Å²) in [7, 11) is 2.13. The van der Waals surface area contributed by atoms with Crippen LogP contribution in [0.4, 0.5) is 4.79 Å². The van der Waals surface area contributed by atoms with Crippen LogP contribution >= 0.6 is 0 Å². The maximum atomic E-state index is 11.8. The zero-order chi connectivity index (χ0) is 21.6. The molecule has 1 fully saturated rings. The van der Waals surface area contributed by atoms with Crippen LogP contribution in [0.1, 0.15) is 39.3 Å². The first kappa shape index (κ1) is 22.2. The van der Waals surface area contributed by atoms with Crippen molar-refractivity contribution in [2.45, 2.75) is 45.8 Å². The second-order valence-electron chi connectivity index (χ2n) is 8.87. The second kappa shape index (κ2) is 10.00. The highest BCUT2D eigenvalue weighted by atomic mass is 16.8. The van der Waals surface area contributed by atoms with E-state index in [1.165, 1.54) is 0 Å². The third kappa shape index (κ3) is 7.07. The van der Waals surface area contributed by atoms with E-state index in [-0.39, 0.29) is 0 Å². The molecular weight excluding hydrogens is 380 g/mol. The number of rotatable bonds is 6. The molecule has 0 atom stereocenters. The van der Waals surface area contributed by atoms with Crippen LogP contribution in [0, 0.1) is 5.92 Å². The zero-order valence-corrected chi connectivity index (χ0v) is 18.4. The van der Waals surface area contributed by atoms with Gasteiger partial charge >= 0.3 is 6.16 Å². The van der Waals surface area contributed by atoms with Crippen molar-refractivity contribution in [1.82, 2.24) is 19.9 Å². The van der Waals surface area contributed by atoms with E-state index in [9.17, 15) is 4.79 Å². The number of hydroxylamine groups is 2. The Kier molecular flexibility index (Phi) is 7.39. The van der Waals surface area contributed by atoms with Gasteiger partial charge < -0.3 is 14.5 Å². The Hall–Kier alpha value is -2.51. The van der Waals surface area contributed by atoms with Crippen LogP contribution in [0.15, 0.2) is 42.7 Å². The number of hydrogen-bond donors (Lipinski definition) is 0. The number of carbonyl (C=O) groups is 1. The molecule has 30 heavy (non-hydrogen) atoms. The van der Waals surface area contributed by atoms with E-state index < -0.39 is 11.8 Å². The summed E-state index contributed by atoms with van der Waals surface area (Å²) in [5, 5.41) is 1.71. The summed E-state index contributed by atoms with van der Waals surface area (Å²) in [6, 6.07) is 10.1. The van der Waals surface area contributed by atoms with Crippen LogP contribution in [0.5, 0.6) is 0 Å². The van der Waals surface area contributed by atoms with Gasteiger partial charge in [-0.3, -0.25) is 9.97 Å². The lowest BCUT2D eigenvalue weighted by molar-refractivity contribution is -0.156. The Morgan fingerprint density at radius 1 is 1.17 bits per heavy atom. The van der Waals surface area contributed by atoms with Gasteiger partial charge in [0.15, 0.2) is 0 Å². The summed E-state index contributed by atoms with van der Waals surface area (Å²) in [6.45, 7) is 8.74. The molecule has 2 aromatic heterocycles. The maximum Gasteiger partial charge on any atom is 0.528 e. The van der Waals surface area contributed by atoms with Gasteiger partial charge in [0.1, 0.15) is 5.60 Å². The molecule has 162 valence electrons. The van der Waals surface area contributed by atoms with Crippen LogP contribution in [0.2, 0.25) is 0 Å². The first-order valence-electron chi connectivity index (χ1n) is 10.5. The van der Waals surface area contributed by atoms with Gasteiger partial charge in [-0.15, -0.1) is 5.06 Å². The highest BCUT2D eigenvalue weighted by Gasteiger charge is 2.25. The van der Waals surface area contributed by atoms with Crippen molar-refractivity contribution in [2.75, 3.05) is 26.7 Å². The minimum absolute atomic E-state index is 0.541. The first-order valence-corrected chi connectivity index (χ1v) is 10.5. The number of piperidine rings is 1. The van der Waals surface area contributed by atoms with Gasteiger partial charge in [0.25, 0.3) is 0 Å². The molecule has 0 radical (unpaired) electrons. The predicted molar refractivity (Wildman–Crippen MR) is 115 cm³/mol. The zero-order valence-electron chi connectivity index (χ0n) is 18.4. The highest BCUT2D eigenvalue weighted by molar-refractivity contribution is 5.60. The van der Waals surface area contributed by atoms with E-state index in [4.69, 9.17) is 14.6 Å². The molecule has 0 aromatic carbocycles. The van der Waals surface area contributed by atoms with Crippen LogP contribution in [-0.2, 0) is 16.1 Å². The molecule has 0 unspecified atom stereocenters. The van der Waals surface area contributed by atoms with E-state index >= 15 is 0 Å². The molecule has 0 aliphatic carbocycles. The molecule has 3 rings (SSSR count). The van der Waals surface area contributed by atoms with Gasteiger partial charge in [-0.2, -0.15) is 0 Å². The molecule has 2 aromatic rings. The van der Waals surface area contributed by atoms with Gasteiger partial charge in [0.05, 0.1) is 11.4 Å². The first-order chi connectivity index (χ1) is 14.3. The lowest BCUT2D eigenvalue weighted by atomic mass is 9.97. The molecule has 0 amide bonds. The Bertz CT molecular complexity index is 815. The summed E-state index contributed by atoms with van der Waals surface area (Å²) >= 11 is 0. The third-order valence-electron chi connectivity index (χ3n) is 4.95. The molecule has 7 heteroatoms. The smallest absolute Gasteiger partial charge is 0.427 e. The number of aromatic nitrogens is 2. The van der Waals surface area contributed by atoms with Gasteiger partial charge in [-0.05, 0) is 70.8 Å². The largest absolute Gasteiger partial charge is 0.528 e. The minimum Gasteiger partial charge on any atom is -0.427 e. The lowest BCUT2D eigenvalue weighted by Gasteiger charge is -2.32. The van der Waals surface area contributed by atoms with Crippen LogP contribution in [0.25, 0.3) is 11.3 Å². The minimum atomic E-state index is -0.627. The summed E-state index contributed by atoms with van der Waals surface area (Å²) in [4.78, 5) is 28.3. The van der Waals surface area contributed by atoms with Crippen molar-refractivity contribution in [2.24, 2.45) is 5.92 Å². The molecule has 0 bridgehead atoms. The maximum absolute atomic E-state index is 11.8. The van der Waals surface area contributed by atoms with Crippen molar-refractivity contribution in [3.05, 3.63) is 48.4 Å². The average Bonchev–Trinajstić information content (AvgIpc) is 2.69. The molecular formula is C23H32N4O3. The summed E-state index contributed by atoms with van der Waals surface area (Å²) < 4.78 is 5.22.